The van der Waals surface area contributed by atoms with E-state index in [-0.39, 0.29) is 0 Å². The van der Waals surface area contributed by atoms with Gasteiger partial charge in [0.1, 0.15) is 5.75 Å². The third kappa shape index (κ3) is 4.77. The summed E-state index contributed by atoms with van der Waals surface area (Å²) in [7, 11) is 4.02. The third-order valence-electron chi connectivity index (χ3n) is 6.57. The number of ether oxygens (including phenoxy) is 2. The Bertz CT molecular complexity index is 1510. The van der Waals surface area contributed by atoms with Crippen molar-refractivity contribution in [1.82, 2.24) is 14.9 Å². The minimum Gasteiger partial charge on any atom is -0.493 e. The van der Waals surface area contributed by atoms with Crippen molar-refractivity contribution < 1.29 is 19.4 Å². The molecule has 0 aliphatic carbocycles. The molecule has 0 amide bonds. The van der Waals surface area contributed by atoms with Crippen LogP contribution < -0.4 is 4.74 Å². The van der Waals surface area contributed by atoms with E-state index in [4.69, 9.17) is 19.4 Å². The van der Waals surface area contributed by atoms with Crippen LogP contribution in [0.15, 0.2) is 42.6 Å². The number of aryl methyl sites for hydroxylation is 1. The minimum absolute atomic E-state index is 0.622. The van der Waals surface area contributed by atoms with E-state index in [1.165, 1.54) is 5.56 Å². The van der Waals surface area contributed by atoms with Gasteiger partial charge in [0.05, 0.1) is 28.9 Å². The summed E-state index contributed by atoms with van der Waals surface area (Å²) < 4.78 is 12.1. The third-order valence-corrected chi connectivity index (χ3v) is 6.57. The lowest BCUT2D eigenvalue weighted by Gasteiger charge is -2.29. The Morgan fingerprint density at radius 1 is 1.19 bits per heavy atom. The first-order valence-corrected chi connectivity index (χ1v) is 12.6. The Morgan fingerprint density at radius 3 is 2.68 bits per heavy atom. The fourth-order valence-corrected chi connectivity index (χ4v) is 5.19. The van der Waals surface area contributed by atoms with Crippen molar-refractivity contribution in [3.8, 4) is 16.9 Å². The molecule has 0 fully saturated rings. The van der Waals surface area contributed by atoms with Crippen LogP contribution in [0.1, 0.15) is 49.3 Å². The molecule has 7 nitrogen and oxygen atoms in total. The van der Waals surface area contributed by atoms with E-state index in [2.05, 4.69) is 4.90 Å². The molecule has 0 spiro atoms. The van der Waals surface area contributed by atoms with E-state index >= 15 is 0 Å². The molecule has 0 bridgehead atoms. The maximum Gasteiger partial charge on any atom is 0.337 e. The van der Waals surface area contributed by atoms with Gasteiger partial charge in [0.15, 0.2) is 6.10 Å². The molecule has 37 heavy (non-hydrogen) atoms. The normalized spacial score (nSPS) is 14.2. The number of carboxylic acids is 1. The first-order chi connectivity index (χ1) is 17.5. The van der Waals surface area contributed by atoms with Crippen LogP contribution >= 0.6 is 0 Å². The highest BCUT2D eigenvalue weighted by atomic mass is 16.5. The molecule has 1 aliphatic rings. The largest absolute Gasteiger partial charge is 0.493 e. The number of hydrogen-bond acceptors (Lipinski definition) is 6. The van der Waals surface area contributed by atoms with Gasteiger partial charge in [-0.1, -0.05) is 6.07 Å². The lowest BCUT2D eigenvalue weighted by Crippen LogP contribution is -2.28. The molecule has 2 aromatic heterocycles. The summed E-state index contributed by atoms with van der Waals surface area (Å²) in [4.78, 5) is 24.5. The van der Waals surface area contributed by atoms with Crippen molar-refractivity contribution in [3.63, 3.8) is 0 Å². The fourth-order valence-electron chi connectivity index (χ4n) is 5.19. The molecular formula is C30H33N3O4. The molecule has 2 aromatic carbocycles. The zero-order chi connectivity index (χ0) is 26.5. The zero-order valence-corrected chi connectivity index (χ0v) is 22.3. The number of hydrogen-bond donors (Lipinski definition) is 1. The topological polar surface area (TPSA) is 84.8 Å². The number of carboxylic acid groups (broad SMARTS) is 1. The average Bonchev–Trinajstić information content (AvgIpc) is 2.82. The summed E-state index contributed by atoms with van der Waals surface area (Å²) in [6.45, 7) is 8.88. The van der Waals surface area contributed by atoms with Gasteiger partial charge in [0.25, 0.3) is 0 Å². The van der Waals surface area contributed by atoms with Crippen LogP contribution in [-0.4, -0.2) is 52.2 Å². The van der Waals surface area contributed by atoms with Gasteiger partial charge in [-0.05, 0) is 88.8 Å². The van der Waals surface area contributed by atoms with E-state index in [0.717, 1.165) is 56.4 Å². The van der Waals surface area contributed by atoms with Crippen molar-refractivity contribution in [2.24, 2.45) is 0 Å². The molecular weight excluding hydrogens is 466 g/mol. The van der Waals surface area contributed by atoms with Gasteiger partial charge in [-0.3, -0.25) is 9.97 Å². The number of carbonyl (C=O) groups is 1. The van der Waals surface area contributed by atoms with Gasteiger partial charge < -0.3 is 19.5 Å². The highest BCUT2D eigenvalue weighted by Crippen LogP contribution is 2.44. The second-order valence-corrected chi connectivity index (χ2v) is 10.9. The maximum absolute atomic E-state index is 12.7. The summed E-state index contributed by atoms with van der Waals surface area (Å²) in [5.41, 5.74) is 6.13. The summed E-state index contributed by atoms with van der Waals surface area (Å²) in [5, 5.41) is 12.2. The summed E-state index contributed by atoms with van der Waals surface area (Å²) in [6.07, 6.45) is 1.46. The van der Waals surface area contributed by atoms with E-state index in [1.54, 1.807) is 0 Å². The summed E-state index contributed by atoms with van der Waals surface area (Å²) in [5.74, 6) is -0.228. The number of rotatable bonds is 6. The Kier molecular flexibility index (Phi) is 6.38. The van der Waals surface area contributed by atoms with Crippen LogP contribution in [0.4, 0.5) is 0 Å². The fraction of sp³-hybridized carbons (Fsp3) is 0.367. The van der Waals surface area contributed by atoms with E-state index < -0.39 is 17.7 Å². The first-order valence-electron chi connectivity index (χ1n) is 12.6. The van der Waals surface area contributed by atoms with E-state index in [9.17, 15) is 9.90 Å². The Morgan fingerprint density at radius 2 is 1.97 bits per heavy atom. The van der Waals surface area contributed by atoms with Crippen LogP contribution in [0.5, 0.6) is 5.75 Å². The quantitative estimate of drug-likeness (QED) is 0.364. The Labute approximate surface area is 217 Å². The van der Waals surface area contributed by atoms with Crippen LogP contribution in [-0.2, 0) is 22.5 Å². The lowest BCUT2D eigenvalue weighted by atomic mass is 9.86. The molecule has 7 heteroatoms. The Balaban J connectivity index is 1.88. The van der Waals surface area contributed by atoms with Crippen LogP contribution in [0.2, 0.25) is 0 Å². The second kappa shape index (κ2) is 9.39. The van der Waals surface area contributed by atoms with Crippen molar-refractivity contribution in [2.45, 2.75) is 52.4 Å². The molecule has 3 heterocycles. The summed E-state index contributed by atoms with van der Waals surface area (Å²) >= 11 is 0. The summed E-state index contributed by atoms with van der Waals surface area (Å²) in [6, 6.07) is 12.0. The van der Waals surface area contributed by atoms with Gasteiger partial charge in [0, 0.05) is 41.1 Å². The van der Waals surface area contributed by atoms with Gasteiger partial charge in [-0.2, -0.15) is 0 Å². The second-order valence-electron chi connectivity index (χ2n) is 10.9. The monoisotopic (exact) mass is 499 g/mol. The lowest BCUT2D eigenvalue weighted by molar-refractivity contribution is -0.160. The molecule has 0 radical (unpaired) electrons. The molecule has 1 N–H and O–H groups in total. The number of aliphatic carboxylic acids is 1. The SMILES string of the molecule is Cc1cc2nc(CN(C)C)ccc2c(-c2ccc3c4c(ccnc24)CCO3)c1C(OC(C)(C)C)C(=O)O. The molecule has 0 saturated carbocycles. The highest BCUT2D eigenvalue weighted by molar-refractivity contribution is 6.08. The van der Waals surface area contributed by atoms with Gasteiger partial charge in [0.2, 0.25) is 0 Å². The van der Waals surface area contributed by atoms with Crippen LogP contribution in [0, 0.1) is 6.92 Å². The maximum atomic E-state index is 12.7. The van der Waals surface area contributed by atoms with E-state index in [0.29, 0.717) is 18.7 Å². The van der Waals surface area contributed by atoms with Crippen molar-refractivity contribution >= 4 is 27.8 Å². The zero-order valence-electron chi connectivity index (χ0n) is 22.3. The number of benzene rings is 2. The van der Waals surface area contributed by atoms with Gasteiger partial charge in [-0.15, -0.1) is 0 Å². The highest BCUT2D eigenvalue weighted by Gasteiger charge is 2.32. The molecule has 1 atom stereocenters. The predicted molar refractivity (Wildman–Crippen MR) is 145 cm³/mol. The average molecular weight is 500 g/mol. The van der Waals surface area contributed by atoms with Gasteiger partial charge >= 0.3 is 5.97 Å². The van der Waals surface area contributed by atoms with Crippen LogP contribution in [0.3, 0.4) is 0 Å². The van der Waals surface area contributed by atoms with E-state index in [1.807, 2.05) is 84.4 Å². The van der Waals surface area contributed by atoms with Crippen molar-refractivity contribution in [1.29, 1.82) is 0 Å². The molecule has 4 aromatic rings. The Hall–Kier alpha value is -3.55. The first kappa shape index (κ1) is 25.1. The number of pyridine rings is 2. The predicted octanol–water partition coefficient (Wildman–Crippen LogP) is 5.70. The number of aromatic nitrogens is 2. The van der Waals surface area contributed by atoms with Crippen molar-refractivity contribution in [2.75, 3.05) is 20.7 Å². The molecule has 1 aliphatic heterocycles. The van der Waals surface area contributed by atoms with Gasteiger partial charge in [-0.25, -0.2) is 4.79 Å². The number of fused-ring (bicyclic) bond motifs is 1. The molecule has 0 saturated heterocycles. The van der Waals surface area contributed by atoms with Crippen molar-refractivity contribution in [3.05, 3.63) is 65.0 Å². The van der Waals surface area contributed by atoms with Crippen LogP contribution in [0.25, 0.3) is 32.9 Å². The molecule has 5 rings (SSSR count). The smallest absolute Gasteiger partial charge is 0.337 e. The minimum atomic E-state index is -1.16. The molecule has 192 valence electrons. The number of nitrogens with zero attached hydrogens (tertiary/aromatic N) is 3. The standard InChI is InChI=1S/C30H33N3O4/c1-17-15-22-20(8-7-19(32-22)16-33(5)6)26(24(17)28(29(34)35)37-30(2,3)4)21-9-10-23-25-18(12-14-36-23)11-13-31-27(21)25/h7-11,13,15,28H,12,14,16H2,1-6H3,(H,34,35). The molecule has 1 unspecified atom stereocenters.